The monoisotopic (exact) mass is 354 g/mol. The van der Waals surface area contributed by atoms with Gasteiger partial charge in [-0.25, -0.2) is 4.79 Å². The minimum atomic E-state index is -1.11. The summed E-state index contributed by atoms with van der Waals surface area (Å²) in [5.74, 6) is -1.73. The predicted octanol–water partition coefficient (Wildman–Crippen LogP) is 2.07. The van der Waals surface area contributed by atoms with Crippen molar-refractivity contribution < 1.29 is 14.7 Å². The molecule has 2 atom stereocenters. The number of nitrogens with one attached hydrogen (secondary N) is 1. The van der Waals surface area contributed by atoms with E-state index in [0.717, 1.165) is 25.7 Å². The van der Waals surface area contributed by atoms with Crippen LogP contribution in [-0.2, 0) is 0 Å². The third-order valence-electron chi connectivity index (χ3n) is 4.48. The van der Waals surface area contributed by atoms with Crippen molar-refractivity contribution in [3.8, 4) is 6.07 Å². The van der Waals surface area contributed by atoms with Crippen LogP contribution in [0.2, 0.25) is 0 Å². The summed E-state index contributed by atoms with van der Waals surface area (Å²) in [5, 5.41) is 25.7. The summed E-state index contributed by atoms with van der Waals surface area (Å²) >= 11 is 0. The number of hydrogen-bond acceptors (Lipinski definition) is 6. The van der Waals surface area contributed by atoms with Crippen molar-refractivity contribution in [3.05, 3.63) is 35.8 Å². The van der Waals surface area contributed by atoms with Crippen molar-refractivity contribution >= 4 is 23.4 Å². The van der Waals surface area contributed by atoms with Crippen LogP contribution in [0.1, 0.15) is 52.4 Å². The lowest BCUT2D eigenvalue weighted by Gasteiger charge is -2.26. The van der Waals surface area contributed by atoms with Gasteiger partial charge in [0.1, 0.15) is 5.56 Å². The zero-order chi connectivity index (χ0) is 18.7. The number of rotatable bonds is 5. The second-order valence-electron chi connectivity index (χ2n) is 6.22. The van der Waals surface area contributed by atoms with Gasteiger partial charge in [-0.15, -0.1) is 0 Å². The first kappa shape index (κ1) is 17.4. The van der Waals surface area contributed by atoms with Crippen molar-refractivity contribution in [2.45, 2.75) is 31.7 Å². The first-order valence-electron chi connectivity index (χ1n) is 8.23. The molecule has 2 aromatic heterocycles. The maximum absolute atomic E-state index is 11.8. The molecule has 1 saturated carbocycles. The van der Waals surface area contributed by atoms with E-state index in [4.69, 9.17) is 10.8 Å². The molecule has 0 bridgehead atoms. The van der Waals surface area contributed by atoms with Crippen molar-refractivity contribution in [1.29, 1.82) is 5.26 Å². The van der Waals surface area contributed by atoms with Gasteiger partial charge in [-0.1, -0.05) is 12.8 Å². The molecule has 1 aliphatic carbocycles. The summed E-state index contributed by atoms with van der Waals surface area (Å²) in [5.41, 5.74) is 6.00. The molecule has 1 aliphatic rings. The SMILES string of the molecule is N#CC1CCCCC1n1cc(C(N)=O)c(Nc2cncc(C(=O)O)c2)n1. The van der Waals surface area contributed by atoms with E-state index in [9.17, 15) is 14.9 Å². The van der Waals surface area contributed by atoms with Crippen LogP contribution >= 0.6 is 0 Å². The third-order valence-corrected chi connectivity index (χ3v) is 4.48. The number of nitrogens with two attached hydrogens (primary N) is 1. The number of aromatic nitrogens is 3. The highest BCUT2D eigenvalue weighted by Gasteiger charge is 2.29. The van der Waals surface area contributed by atoms with Gasteiger partial charge in [0.15, 0.2) is 5.82 Å². The molecule has 26 heavy (non-hydrogen) atoms. The van der Waals surface area contributed by atoms with Gasteiger partial charge in [0.05, 0.1) is 35.5 Å². The molecule has 0 aromatic carbocycles. The summed E-state index contributed by atoms with van der Waals surface area (Å²) in [6.45, 7) is 0. The molecule has 9 heteroatoms. The van der Waals surface area contributed by atoms with E-state index in [0.29, 0.717) is 5.69 Å². The number of carboxylic acid groups (broad SMARTS) is 1. The number of anilines is 2. The number of nitriles is 1. The fourth-order valence-electron chi connectivity index (χ4n) is 3.17. The number of amides is 1. The van der Waals surface area contributed by atoms with Gasteiger partial charge in [-0.3, -0.25) is 14.5 Å². The number of aromatic carboxylic acids is 1. The smallest absolute Gasteiger partial charge is 0.337 e. The van der Waals surface area contributed by atoms with E-state index >= 15 is 0 Å². The summed E-state index contributed by atoms with van der Waals surface area (Å²) in [4.78, 5) is 26.7. The lowest BCUT2D eigenvalue weighted by atomic mass is 9.85. The van der Waals surface area contributed by atoms with Crippen LogP contribution in [0.25, 0.3) is 0 Å². The van der Waals surface area contributed by atoms with Crippen LogP contribution in [0.4, 0.5) is 11.5 Å². The zero-order valence-corrected chi connectivity index (χ0v) is 13.9. The lowest BCUT2D eigenvalue weighted by molar-refractivity contribution is 0.0696. The van der Waals surface area contributed by atoms with Crippen LogP contribution in [0.5, 0.6) is 0 Å². The minimum Gasteiger partial charge on any atom is -0.478 e. The Balaban J connectivity index is 1.93. The first-order chi connectivity index (χ1) is 12.5. The Morgan fingerprint density at radius 2 is 2.12 bits per heavy atom. The van der Waals surface area contributed by atoms with Crippen LogP contribution in [0, 0.1) is 17.2 Å². The molecule has 0 saturated heterocycles. The van der Waals surface area contributed by atoms with Crippen LogP contribution < -0.4 is 11.1 Å². The van der Waals surface area contributed by atoms with Crippen LogP contribution in [0.15, 0.2) is 24.7 Å². The van der Waals surface area contributed by atoms with E-state index in [1.807, 2.05) is 0 Å². The van der Waals surface area contributed by atoms with E-state index in [1.54, 1.807) is 10.9 Å². The van der Waals surface area contributed by atoms with Crippen LogP contribution in [0.3, 0.4) is 0 Å². The third kappa shape index (κ3) is 3.49. The highest BCUT2D eigenvalue weighted by atomic mass is 16.4. The Morgan fingerprint density at radius 3 is 2.81 bits per heavy atom. The van der Waals surface area contributed by atoms with Gasteiger partial charge in [0, 0.05) is 12.4 Å². The van der Waals surface area contributed by atoms with Crippen molar-refractivity contribution in [1.82, 2.24) is 14.8 Å². The molecule has 2 unspecified atom stereocenters. The van der Waals surface area contributed by atoms with Gasteiger partial charge in [0.2, 0.25) is 0 Å². The predicted molar refractivity (Wildman–Crippen MR) is 91.8 cm³/mol. The number of nitrogens with zero attached hydrogens (tertiary/aromatic N) is 4. The zero-order valence-electron chi connectivity index (χ0n) is 13.9. The molecule has 0 spiro atoms. The largest absolute Gasteiger partial charge is 0.478 e. The van der Waals surface area contributed by atoms with E-state index < -0.39 is 11.9 Å². The van der Waals surface area contributed by atoms with Crippen molar-refractivity contribution in [2.75, 3.05) is 5.32 Å². The van der Waals surface area contributed by atoms with Gasteiger partial charge in [-0.2, -0.15) is 10.4 Å². The van der Waals surface area contributed by atoms with Crippen LogP contribution in [-0.4, -0.2) is 31.7 Å². The lowest BCUT2D eigenvalue weighted by Crippen LogP contribution is -2.22. The molecule has 0 aliphatic heterocycles. The Bertz CT molecular complexity index is 885. The Hall–Kier alpha value is -3.41. The average Bonchev–Trinajstić information content (AvgIpc) is 3.05. The molecule has 134 valence electrons. The molecular formula is C17H18N6O3. The topological polar surface area (TPSA) is 147 Å². The molecule has 2 aromatic rings. The van der Waals surface area contributed by atoms with E-state index in [1.165, 1.54) is 18.5 Å². The summed E-state index contributed by atoms with van der Waals surface area (Å²) in [7, 11) is 0. The molecule has 2 heterocycles. The molecule has 1 amide bonds. The van der Waals surface area contributed by atoms with Gasteiger partial charge in [0.25, 0.3) is 5.91 Å². The second kappa shape index (κ2) is 7.23. The Morgan fingerprint density at radius 1 is 1.35 bits per heavy atom. The highest BCUT2D eigenvalue weighted by Crippen LogP contribution is 2.34. The van der Waals surface area contributed by atoms with Crippen molar-refractivity contribution in [2.24, 2.45) is 11.7 Å². The normalized spacial score (nSPS) is 19.5. The fraction of sp³-hybridized carbons (Fsp3) is 0.353. The van der Waals surface area contributed by atoms with Gasteiger partial charge in [-0.05, 0) is 18.9 Å². The molecule has 3 rings (SSSR count). The molecule has 4 N–H and O–H groups in total. The molecular weight excluding hydrogens is 336 g/mol. The fourth-order valence-corrected chi connectivity index (χ4v) is 3.17. The number of carbonyl (C=O) groups excluding carboxylic acids is 1. The quantitative estimate of drug-likeness (QED) is 0.744. The maximum atomic E-state index is 11.8. The standard InChI is InChI=1S/C17H18N6O3/c18-6-10-3-1-2-4-14(10)23-9-13(15(19)24)16(22-23)21-12-5-11(17(25)26)7-20-8-12/h5,7-10,14H,1-4H2,(H2,19,24)(H,21,22)(H,25,26). The van der Waals surface area contributed by atoms with Crippen molar-refractivity contribution in [3.63, 3.8) is 0 Å². The van der Waals surface area contributed by atoms with Gasteiger partial charge < -0.3 is 16.2 Å². The average molecular weight is 354 g/mol. The number of hydrogen-bond donors (Lipinski definition) is 3. The molecule has 9 nitrogen and oxygen atoms in total. The number of carboxylic acids is 1. The van der Waals surface area contributed by atoms with Gasteiger partial charge >= 0.3 is 5.97 Å². The Kier molecular flexibility index (Phi) is 4.84. The second-order valence-corrected chi connectivity index (χ2v) is 6.22. The summed E-state index contributed by atoms with van der Waals surface area (Å²) < 4.78 is 1.62. The van der Waals surface area contributed by atoms with E-state index in [2.05, 4.69) is 21.5 Å². The number of primary amides is 1. The number of carbonyl (C=O) groups is 2. The molecule has 1 fully saturated rings. The Labute approximate surface area is 149 Å². The first-order valence-corrected chi connectivity index (χ1v) is 8.23. The minimum absolute atomic E-state index is 0.00637. The molecule has 0 radical (unpaired) electrons. The highest BCUT2D eigenvalue weighted by molar-refractivity contribution is 5.98. The number of pyridine rings is 1. The summed E-state index contributed by atoms with van der Waals surface area (Å²) in [6.07, 6.45) is 7.77. The maximum Gasteiger partial charge on any atom is 0.337 e. The summed E-state index contributed by atoms with van der Waals surface area (Å²) in [6, 6.07) is 3.57. The van der Waals surface area contributed by atoms with E-state index in [-0.39, 0.29) is 28.9 Å².